The molecule has 8 nitrogen and oxygen atoms in total. The first kappa shape index (κ1) is 22.1. The van der Waals surface area contributed by atoms with E-state index in [0.717, 1.165) is 11.3 Å². The zero-order valence-electron chi connectivity index (χ0n) is 17.2. The molecule has 0 fully saturated rings. The van der Waals surface area contributed by atoms with Crippen LogP contribution >= 0.6 is 0 Å². The first-order chi connectivity index (χ1) is 13.8. The SMILES string of the molecule is COC(=O)C1=C(C)N=C(C)C(C(=O)OC)[C@@H]1C(=O)OCCc1ccc(OC)cc1. The molecular formula is C21H25NO7. The van der Waals surface area contributed by atoms with Crippen molar-refractivity contribution in [2.75, 3.05) is 27.9 Å². The number of carbonyl (C=O) groups excluding carboxylic acids is 3. The van der Waals surface area contributed by atoms with E-state index in [1.54, 1.807) is 21.0 Å². The molecule has 0 aromatic heterocycles. The van der Waals surface area contributed by atoms with Crippen molar-refractivity contribution in [2.24, 2.45) is 16.8 Å². The molecular weight excluding hydrogens is 378 g/mol. The standard InChI is InChI=1S/C21H25NO7/c1-12-16(19(23)27-4)18(17(13(2)22-12)20(24)28-5)21(25)29-11-10-14-6-8-15(26-3)9-7-14/h6-9,16,18H,10-11H2,1-5H3/t16?,18-/m0/s1. The van der Waals surface area contributed by atoms with E-state index in [1.165, 1.54) is 14.2 Å². The van der Waals surface area contributed by atoms with E-state index < -0.39 is 29.7 Å². The minimum atomic E-state index is -1.18. The smallest absolute Gasteiger partial charge is 0.336 e. The first-order valence-electron chi connectivity index (χ1n) is 9.05. The lowest BCUT2D eigenvalue weighted by Crippen LogP contribution is -2.42. The van der Waals surface area contributed by atoms with Crippen molar-refractivity contribution in [1.29, 1.82) is 0 Å². The van der Waals surface area contributed by atoms with Crippen LogP contribution < -0.4 is 4.74 Å². The Hall–Kier alpha value is -3.16. The van der Waals surface area contributed by atoms with Gasteiger partial charge in [0, 0.05) is 17.8 Å². The molecule has 1 heterocycles. The van der Waals surface area contributed by atoms with Crippen molar-refractivity contribution in [3.05, 3.63) is 41.1 Å². The number of ether oxygens (including phenoxy) is 4. The van der Waals surface area contributed by atoms with Crippen LogP contribution in [0, 0.1) is 11.8 Å². The number of esters is 3. The Morgan fingerprint density at radius 2 is 1.59 bits per heavy atom. The normalized spacial score (nSPS) is 18.6. The highest BCUT2D eigenvalue weighted by Crippen LogP contribution is 2.33. The van der Waals surface area contributed by atoms with Gasteiger partial charge in [-0.3, -0.25) is 14.6 Å². The Morgan fingerprint density at radius 3 is 2.14 bits per heavy atom. The maximum absolute atomic E-state index is 12.9. The molecule has 1 aliphatic heterocycles. The lowest BCUT2D eigenvalue weighted by atomic mass is 9.80. The molecule has 0 spiro atoms. The lowest BCUT2D eigenvalue weighted by Gasteiger charge is -2.29. The van der Waals surface area contributed by atoms with Crippen molar-refractivity contribution >= 4 is 23.6 Å². The summed E-state index contributed by atoms with van der Waals surface area (Å²) >= 11 is 0. The fraction of sp³-hybridized carbons (Fsp3) is 0.429. The highest BCUT2D eigenvalue weighted by atomic mass is 16.5. The summed E-state index contributed by atoms with van der Waals surface area (Å²) in [7, 11) is 4.00. The van der Waals surface area contributed by atoms with Crippen molar-refractivity contribution in [3.8, 4) is 5.75 Å². The van der Waals surface area contributed by atoms with Gasteiger partial charge in [0.05, 0.1) is 33.5 Å². The van der Waals surface area contributed by atoms with Gasteiger partial charge < -0.3 is 18.9 Å². The van der Waals surface area contributed by atoms with E-state index in [1.807, 2.05) is 24.3 Å². The van der Waals surface area contributed by atoms with E-state index in [0.29, 0.717) is 17.8 Å². The molecule has 1 aromatic rings. The van der Waals surface area contributed by atoms with Crippen LogP contribution in [0.25, 0.3) is 0 Å². The van der Waals surface area contributed by atoms with Crippen LogP contribution in [0.4, 0.5) is 0 Å². The largest absolute Gasteiger partial charge is 0.497 e. The monoisotopic (exact) mass is 403 g/mol. The van der Waals surface area contributed by atoms with E-state index in [9.17, 15) is 14.4 Å². The molecule has 1 unspecified atom stereocenters. The predicted molar refractivity (Wildman–Crippen MR) is 104 cm³/mol. The summed E-state index contributed by atoms with van der Waals surface area (Å²) in [6, 6.07) is 7.36. The van der Waals surface area contributed by atoms with Gasteiger partial charge in [-0.1, -0.05) is 12.1 Å². The highest BCUT2D eigenvalue weighted by Gasteiger charge is 2.46. The summed E-state index contributed by atoms with van der Waals surface area (Å²) in [4.78, 5) is 41.7. The van der Waals surface area contributed by atoms with Gasteiger partial charge in [0.1, 0.15) is 17.6 Å². The van der Waals surface area contributed by atoms with Gasteiger partial charge in [-0.2, -0.15) is 0 Å². The van der Waals surface area contributed by atoms with E-state index in [2.05, 4.69) is 4.99 Å². The van der Waals surface area contributed by atoms with Gasteiger partial charge in [0.2, 0.25) is 0 Å². The number of nitrogens with zero attached hydrogens (tertiary/aromatic N) is 1. The molecule has 0 saturated carbocycles. The maximum atomic E-state index is 12.9. The van der Waals surface area contributed by atoms with Gasteiger partial charge in [0.25, 0.3) is 0 Å². The van der Waals surface area contributed by atoms with Crippen LogP contribution in [0.2, 0.25) is 0 Å². The van der Waals surface area contributed by atoms with Crippen LogP contribution in [0.15, 0.2) is 40.5 Å². The van der Waals surface area contributed by atoms with Gasteiger partial charge in [-0.15, -0.1) is 0 Å². The number of benzene rings is 1. The van der Waals surface area contributed by atoms with Gasteiger partial charge >= 0.3 is 17.9 Å². The average molecular weight is 403 g/mol. The zero-order valence-corrected chi connectivity index (χ0v) is 17.2. The third-order valence-corrected chi connectivity index (χ3v) is 4.74. The molecule has 0 saturated heterocycles. The number of rotatable bonds is 7. The van der Waals surface area contributed by atoms with E-state index >= 15 is 0 Å². The Bertz CT molecular complexity index is 839. The van der Waals surface area contributed by atoms with Gasteiger partial charge in [-0.05, 0) is 31.5 Å². The molecule has 0 amide bonds. The minimum Gasteiger partial charge on any atom is -0.497 e. The molecule has 8 heteroatoms. The molecule has 29 heavy (non-hydrogen) atoms. The third kappa shape index (κ3) is 5.01. The van der Waals surface area contributed by atoms with Crippen LogP contribution in [0.3, 0.4) is 0 Å². The Balaban J connectivity index is 2.20. The topological polar surface area (TPSA) is 100 Å². The quantitative estimate of drug-likeness (QED) is 0.508. The predicted octanol–water partition coefficient (Wildman–Crippen LogP) is 2.11. The van der Waals surface area contributed by atoms with Crippen molar-refractivity contribution in [3.63, 3.8) is 0 Å². The molecule has 0 radical (unpaired) electrons. The van der Waals surface area contributed by atoms with Crippen LogP contribution in [0.5, 0.6) is 5.75 Å². The molecule has 2 atom stereocenters. The molecule has 1 aliphatic rings. The first-order valence-corrected chi connectivity index (χ1v) is 9.05. The summed E-state index contributed by atoms with van der Waals surface area (Å²) in [5.74, 6) is -3.61. The highest BCUT2D eigenvalue weighted by molar-refractivity contribution is 6.10. The summed E-state index contributed by atoms with van der Waals surface area (Å²) in [6.45, 7) is 3.27. The average Bonchev–Trinajstić information content (AvgIpc) is 2.72. The number of hydrogen-bond acceptors (Lipinski definition) is 8. The molecule has 0 N–H and O–H groups in total. The number of methoxy groups -OCH3 is 3. The van der Waals surface area contributed by atoms with E-state index in [4.69, 9.17) is 18.9 Å². The Labute approximate surface area is 169 Å². The molecule has 0 aliphatic carbocycles. The van der Waals surface area contributed by atoms with Crippen molar-refractivity contribution in [2.45, 2.75) is 20.3 Å². The number of hydrogen-bond donors (Lipinski definition) is 0. The summed E-state index contributed by atoms with van der Waals surface area (Å²) in [5.41, 5.74) is 1.64. The number of aliphatic imine (C=N–C) groups is 1. The van der Waals surface area contributed by atoms with E-state index in [-0.39, 0.29) is 12.2 Å². The van der Waals surface area contributed by atoms with Crippen LogP contribution in [-0.2, 0) is 35.0 Å². The molecule has 0 bridgehead atoms. The maximum Gasteiger partial charge on any atom is 0.336 e. The summed E-state index contributed by atoms with van der Waals surface area (Å²) < 4.78 is 20.1. The zero-order chi connectivity index (χ0) is 21.6. The summed E-state index contributed by atoms with van der Waals surface area (Å²) in [6.07, 6.45) is 0.467. The summed E-state index contributed by atoms with van der Waals surface area (Å²) in [5, 5.41) is 0. The van der Waals surface area contributed by atoms with Crippen LogP contribution in [-0.4, -0.2) is 51.6 Å². The second-order valence-electron chi connectivity index (χ2n) is 6.49. The van der Waals surface area contributed by atoms with Gasteiger partial charge in [-0.25, -0.2) is 4.79 Å². The Morgan fingerprint density at radius 1 is 0.931 bits per heavy atom. The van der Waals surface area contributed by atoms with Gasteiger partial charge in [0.15, 0.2) is 0 Å². The molecule has 1 aromatic carbocycles. The number of allylic oxidation sites excluding steroid dienone is 1. The van der Waals surface area contributed by atoms with Crippen LogP contribution in [0.1, 0.15) is 19.4 Å². The second kappa shape index (κ2) is 9.86. The molecule has 156 valence electrons. The Kier molecular flexibility index (Phi) is 7.52. The minimum absolute atomic E-state index is 0.00273. The second-order valence-corrected chi connectivity index (χ2v) is 6.49. The fourth-order valence-electron chi connectivity index (χ4n) is 3.25. The molecule has 2 rings (SSSR count). The number of carbonyl (C=O) groups is 3. The fourth-order valence-corrected chi connectivity index (χ4v) is 3.25. The third-order valence-electron chi connectivity index (χ3n) is 4.74. The lowest BCUT2D eigenvalue weighted by molar-refractivity contribution is -0.156. The van der Waals surface area contributed by atoms with Crippen molar-refractivity contribution in [1.82, 2.24) is 0 Å². The van der Waals surface area contributed by atoms with Crippen molar-refractivity contribution < 1.29 is 33.3 Å².